The van der Waals surface area contributed by atoms with E-state index in [1.54, 1.807) is 4.68 Å². The van der Waals surface area contributed by atoms with E-state index in [0.717, 1.165) is 5.69 Å². The number of nitrogens with zero attached hydrogens (tertiary/aromatic N) is 4. The number of carbonyl (C=O) groups is 1. The largest absolute Gasteiger partial charge is 0.355 e. The highest BCUT2D eigenvalue weighted by Gasteiger charge is 2.19. The fourth-order valence-corrected chi connectivity index (χ4v) is 3.32. The molecule has 1 heterocycles. The molecule has 26 heavy (non-hydrogen) atoms. The summed E-state index contributed by atoms with van der Waals surface area (Å²) in [5.74, 6) is 0.229. The van der Waals surface area contributed by atoms with Gasteiger partial charge in [-0.25, -0.2) is 0 Å². The fourth-order valence-electron chi connectivity index (χ4n) is 2.49. The van der Waals surface area contributed by atoms with E-state index in [-0.39, 0.29) is 17.1 Å². The van der Waals surface area contributed by atoms with Crippen LogP contribution in [0.1, 0.15) is 25.3 Å². The lowest BCUT2D eigenvalue weighted by Gasteiger charge is -2.15. The molecule has 134 valence electrons. The van der Waals surface area contributed by atoms with E-state index in [1.807, 2.05) is 55.5 Å². The van der Waals surface area contributed by atoms with E-state index >= 15 is 0 Å². The zero-order chi connectivity index (χ0) is 18.4. The van der Waals surface area contributed by atoms with Crippen molar-refractivity contribution in [3.8, 4) is 5.69 Å². The van der Waals surface area contributed by atoms with Crippen molar-refractivity contribution in [3.63, 3.8) is 0 Å². The third-order valence-electron chi connectivity index (χ3n) is 4.04. The maximum atomic E-state index is 12.4. The van der Waals surface area contributed by atoms with Gasteiger partial charge in [0.25, 0.3) is 0 Å². The molecular formula is C19H21N5OS. The van der Waals surface area contributed by atoms with Crippen molar-refractivity contribution in [1.29, 1.82) is 0 Å². The van der Waals surface area contributed by atoms with Gasteiger partial charge in [-0.05, 0) is 41.0 Å². The second kappa shape index (κ2) is 8.62. The minimum atomic E-state index is -0.300. The first-order chi connectivity index (χ1) is 12.6. The highest BCUT2D eigenvalue weighted by molar-refractivity contribution is 8.00. The average molecular weight is 367 g/mol. The number of rotatable bonds is 7. The second-order valence-corrected chi connectivity index (χ2v) is 7.33. The Hall–Kier alpha value is -2.67. The third kappa shape index (κ3) is 4.49. The van der Waals surface area contributed by atoms with Crippen molar-refractivity contribution in [3.05, 3.63) is 66.2 Å². The third-order valence-corrected chi connectivity index (χ3v) is 5.08. The number of amides is 1. The summed E-state index contributed by atoms with van der Waals surface area (Å²) in [4.78, 5) is 12.4. The maximum Gasteiger partial charge on any atom is 0.233 e. The van der Waals surface area contributed by atoms with Crippen molar-refractivity contribution in [1.82, 2.24) is 25.5 Å². The molecule has 0 aliphatic heterocycles. The van der Waals surface area contributed by atoms with Gasteiger partial charge in [0.05, 0.1) is 10.9 Å². The van der Waals surface area contributed by atoms with Gasteiger partial charge in [-0.2, -0.15) is 4.68 Å². The van der Waals surface area contributed by atoms with E-state index in [1.165, 1.54) is 17.3 Å². The van der Waals surface area contributed by atoms with Gasteiger partial charge in [-0.3, -0.25) is 4.79 Å². The normalized spacial score (nSPS) is 13.2. The van der Waals surface area contributed by atoms with E-state index in [4.69, 9.17) is 0 Å². The molecule has 0 aliphatic rings. The molecule has 0 unspecified atom stereocenters. The monoisotopic (exact) mass is 367 g/mol. The van der Waals surface area contributed by atoms with Gasteiger partial charge in [-0.15, -0.1) is 5.10 Å². The van der Waals surface area contributed by atoms with E-state index in [0.29, 0.717) is 11.7 Å². The Morgan fingerprint density at radius 3 is 2.42 bits per heavy atom. The number of tetrazole rings is 1. The van der Waals surface area contributed by atoms with Gasteiger partial charge in [0.15, 0.2) is 0 Å². The van der Waals surface area contributed by atoms with Crippen molar-refractivity contribution in [2.75, 3.05) is 6.54 Å². The minimum absolute atomic E-state index is 0.0274. The number of aromatic nitrogens is 4. The molecule has 0 radical (unpaired) electrons. The Morgan fingerprint density at radius 1 is 1.08 bits per heavy atom. The van der Waals surface area contributed by atoms with Crippen LogP contribution in [-0.2, 0) is 4.79 Å². The summed E-state index contributed by atoms with van der Waals surface area (Å²) >= 11 is 1.34. The van der Waals surface area contributed by atoms with Gasteiger partial charge in [-0.1, -0.05) is 67.2 Å². The molecule has 1 aromatic heterocycles. The molecule has 0 saturated carbocycles. The van der Waals surface area contributed by atoms with Crippen LogP contribution in [0.4, 0.5) is 0 Å². The lowest BCUT2D eigenvalue weighted by Crippen LogP contribution is -2.33. The van der Waals surface area contributed by atoms with Gasteiger partial charge < -0.3 is 5.32 Å². The number of nitrogens with one attached hydrogen (secondary N) is 1. The van der Waals surface area contributed by atoms with Crippen LogP contribution in [0.2, 0.25) is 0 Å². The number of thioether (sulfide) groups is 1. The van der Waals surface area contributed by atoms with Crippen LogP contribution < -0.4 is 5.32 Å². The van der Waals surface area contributed by atoms with Crippen molar-refractivity contribution in [2.45, 2.75) is 30.2 Å². The van der Waals surface area contributed by atoms with Crippen LogP contribution in [0.3, 0.4) is 0 Å². The lowest BCUT2D eigenvalue weighted by atomic mass is 10.0. The van der Waals surface area contributed by atoms with Crippen LogP contribution in [0.15, 0.2) is 65.8 Å². The van der Waals surface area contributed by atoms with E-state index in [9.17, 15) is 4.79 Å². The number of benzene rings is 2. The summed E-state index contributed by atoms with van der Waals surface area (Å²) in [6.45, 7) is 4.55. The van der Waals surface area contributed by atoms with E-state index in [2.05, 4.69) is 39.9 Å². The Bertz CT molecular complexity index is 837. The standard InChI is InChI=1S/C19H21N5OS/c1-14(16-9-5-3-6-10-16)13-20-18(25)15(2)26-19-21-22-23-24(19)17-11-7-4-8-12-17/h3-12,14-15H,13H2,1-2H3,(H,20,25)/t14-,15-/m0/s1. The topological polar surface area (TPSA) is 72.7 Å². The number of hydrogen-bond donors (Lipinski definition) is 1. The Labute approximate surface area is 157 Å². The smallest absolute Gasteiger partial charge is 0.233 e. The molecule has 2 atom stereocenters. The zero-order valence-corrected chi connectivity index (χ0v) is 15.6. The second-order valence-electron chi connectivity index (χ2n) is 6.03. The summed E-state index contributed by atoms with van der Waals surface area (Å²) in [6, 6.07) is 19.8. The fraction of sp³-hybridized carbons (Fsp3) is 0.263. The summed E-state index contributed by atoms with van der Waals surface area (Å²) < 4.78 is 1.64. The number of hydrogen-bond acceptors (Lipinski definition) is 5. The van der Waals surface area contributed by atoms with Crippen LogP contribution in [0.5, 0.6) is 0 Å². The van der Waals surface area contributed by atoms with Gasteiger partial charge in [0, 0.05) is 6.54 Å². The first kappa shape index (κ1) is 18.1. The maximum absolute atomic E-state index is 12.4. The molecular weight excluding hydrogens is 346 g/mol. The highest BCUT2D eigenvalue weighted by atomic mass is 32.2. The minimum Gasteiger partial charge on any atom is -0.355 e. The Kier molecular flexibility index (Phi) is 6.01. The van der Waals surface area contributed by atoms with Gasteiger partial charge in [0.2, 0.25) is 11.1 Å². The first-order valence-corrected chi connectivity index (χ1v) is 9.36. The summed E-state index contributed by atoms with van der Waals surface area (Å²) in [6.07, 6.45) is 0. The molecule has 3 aromatic rings. The number of carbonyl (C=O) groups excluding carboxylic acids is 1. The Balaban J connectivity index is 1.58. The molecule has 6 nitrogen and oxygen atoms in total. The van der Waals surface area contributed by atoms with Crippen molar-refractivity contribution >= 4 is 17.7 Å². The number of para-hydroxylation sites is 1. The molecule has 0 fully saturated rings. The molecule has 0 saturated heterocycles. The molecule has 2 aromatic carbocycles. The van der Waals surface area contributed by atoms with Crippen LogP contribution >= 0.6 is 11.8 Å². The van der Waals surface area contributed by atoms with Crippen molar-refractivity contribution < 1.29 is 4.79 Å². The van der Waals surface area contributed by atoms with Crippen LogP contribution in [-0.4, -0.2) is 37.9 Å². The zero-order valence-electron chi connectivity index (χ0n) is 14.7. The summed E-state index contributed by atoms with van der Waals surface area (Å²) in [5.41, 5.74) is 2.08. The molecule has 0 bridgehead atoms. The highest BCUT2D eigenvalue weighted by Crippen LogP contribution is 2.23. The quantitative estimate of drug-likeness (QED) is 0.650. The average Bonchev–Trinajstić information content (AvgIpc) is 3.15. The van der Waals surface area contributed by atoms with Crippen LogP contribution in [0, 0.1) is 0 Å². The molecule has 3 rings (SSSR count). The SMILES string of the molecule is C[C@H](Sc1nnnn1-c1ccccc1)C(=O)NC[C@H](C)c1ccccc1. The van der Waals surface area contributed by atoms with E-state index < -0.39 is 0 Å². The van der Waals surface area contributed by atoms with Gasteiger partial charge in [0.1, 0.15) is 0 Å². The van der Waals surface area contributed by atoms with Crippen LogP contribution in [0.25, 0.3) is 5.69 Å². The molecule has 7 heteroatoms. The predicted molar refractivity (Wildman–Crippen MR) is 102 cm³/mol. The molecule has 1 N–H and O–H groups in total. The molecule has 0 aliphatic carbocycles. The molecule has 1 amide bonds. The van der Waals surface area contributed by atoms with Crippen molar-refractivity contribution in [2.24, 2.45) is 0 Å². The molecule has 0 spiro atoms. The lowest BCUT2D eigenvalue weighted by molar-refractivity contribution is -0.120. The predicted octanol–water partition coefficient (Wildman–Crippen LogP) is 3.06. The Morgan fingerprint density at radius 2 is 1.73 bits per heavy atom. The van der Waals surface area contributed by atoms with Gasteiger partial charge >= 0.3 is 0 Å². The first-order valence-electron chi connectivity index (χ1n) is 8.48. The summed E-state index contributed by atoms with van der Waals surface area (Å²) in [7, 11) is 0. The summed E-state index contributed by atoms with van der Waals surface area (Å²) in [5, 5.41) is 15.1.